The van der Waals surface area contributed by atoms with E-state index in [0.29, 0.717) is 0 Å². The van der Waals surface area contributed by atoms with Crippen molar-refractivity contribution in [2.24, 2.45) is 5.92 Å². The molecule has 0 bridgehead atoms. The van der Waals surface area contributed by atoms with E-state index in [2.05, 4.69) is 63.4 Å². The van der Waals surface area contributed by atoms with Crippen molar-refractivity contribution in [2.75, 3.05) is 36.4 Å². The lowest BCUT2D eigenvalue weighted by Crippen LogP contribution is -2.48. The highest BCUT2D eigenvalue weighted by Crippen LogP contribution is 2.32. The van der Waals surface area contributed by atoms with Gasteiger partial charge in [-0.1, -0.05) is 36.8 Å². The van der Waals surface area contributed by atoms with Gasteiger partial charge in [0, 0.05) is 43.5 Å². The van der Waals surface area contributed by atoms with E-state index in [9.17, 15) is 4.79 Å². The molecule has 6 nitrogen and oxygen atoms in total. The first-order valence-electron chi connectivity index (χ1n) is 11.5. The van der Waals surface area contributed by atoms with Gasteiger partial charge in [0.1, 0.15) is 12.3 Å². The van der Waals surface area contributed by atoms with Gasteiger partial charge in [-0.05, 0) is 49.1 Å². The quantitative estimate of drug-likeness (QED) is 0.618. The topological polar surface area (TPSA) is 61.6 Å². The molecular formula is C26H30N4O2. The zero-order valence-electron chi connectivity index (χ0n) is 18.5. The Labute approximate surface area is 189 Å². The summed E-state index contributed by atoms with van der Waals surface area (Å²) in [6, 6.07) is 16.7. The number of benzene rings is 2. The standard InChI is InChI=1S/C26H30N4O2/c1-19-18-22(28-25(31)21-8-5-9-21)10-11-23(19)29-13-15-30(16-14-29)24(26-27-12-17-32-26)20-6-3-2-4-7-20/h2-4,6-7,10-12,17-18,21,24H,5,8-9,13-16H2,1H3,(H,28,31). The molecule has 1 aromatic heterocycles. The second-order valence-electron chi connectivity index (χ2n) is 8.82. The van der Waals surface area contributed by atoms with E-state index in [1.165, 1.54) is 23.2 Å². The van der Waals surface area contributed by atoms with Crippen LogP contribution in [-0.4, -0.2) is 42.0 Å². The number of anilines is 2. The van der Waals surface area contributed by atoms with Crippen LogP contribution in [0.2, 0.25) is 0 Å². The van der Waals surface area contributed by atoms with Gasteiger partial charge in [0.15, 0.2) is 0 Å². The molecule has 2 fully saturated rings. The van der Waals surface area contributed by atoms with Gasteiger partial charge in [-0.15, -0.1) is 0 Å². The fourth-order valence-corrected chi connectivity index (χ4v) is 4.74. The molecule has 166 valence electrons. The molecule has 1 aliphatic carbocycles. The van der Waals surface area contributed by atoms with Gasteiger partial charge < -0.3 is 14.6 Å². The zero-order valence-corrected chi connectivity index (χ0v) is 18.5. The minimum absolute atomic E-state index is 0.0264. The molecule has 1 saturated carbocycles. The maximum atomic E-state index is 12.3. The lowest BCUT2D eigenvalue weighted by Gasteiger charge is -2.40. The van der Waals surface area contributed by atoms with E-state index in [1.807, 2.05) is 12.1 Å². The van der Waals surface area contributed by atoms with Gasteiger partial charge in [0.05, 0.1) is 6.20 Å². The predicted molar refractivity (Wildman–Crippen MR) is 126 cm³/mol. The number of oxazole rings is 1. The molecule has 2 aliphatic rings. The van der Waals surface area contributed by atoms with Crippen LogP contribution in [0.1, 0.15) is 42.3 Å². The van der Waals surface area contributed by atoms with Crippen molar-refractivity contribution >= 4 is 17.3 Å². The molecule has 0 radical (unpaired) electrons. The Morgan fingerprint density at radius 3 is 2.50 bits per heavy atom. The van der Waals surface area contributed by atoms with Crippen molar-refractivity contribution < 1.29 is 9.21 Å². The van der Waals surface area contributed by atoms with Crippen molar-refractivity contribution in [3.63, 3.8) is 0 Å². The Morgan fingerprint density at radius 2 is 1.88 bits per heavy atom. The Kier molecular flexibility index (Phi) is 5.95. The molecule has 2 aromatic carbocycles. The van der Waals surface area contributed by atoms with Crippen LogP contribution in [0.5, 0.6) is 0 Å². The Morgan fingerprint density at radius 1 is 1.09 bits per heavy atom. The molecule has 6 heteroatoms. The average molecular weight is 431 g/mol. The molecule has 2 heterocycles. The maximum Gasteiger partial charge on any atom is 0.227 e. The highest BCUT2D eigenvalue weighted by Gasteiger charge is 2.30. The number of piperazine rings is 1. The minimum Gasteiger partial charge on any atom is -0.447 e. The van der Waals surface area contributed by atoms with Crippen LogP contribution in [-0.2, 0) is 4.79 Å². The van der Waals surface area contributed by atoms with Crippen LogP contribution < -0.4 is 10.2 Å². The molecule has 3 aromatic rings. The van der Waals surface area contributed by atoms with Crippen LogP contribution in [0.25, 0.3) is 0 Å². The summed E-state index contributed by atoms with van der Waals surface area (Å²) in [6.45, 7) is 5.82. The number of nitrogens with zero attached hydrogens (tertiary/aromatic N) is 3. The van der Waals surface area contributed by atoms with Crippen LogP contribution >= 0.6 is 0 Å². The fourth-order valence-electron chi connectivity index (χ4n) is 4.74. The van der Waals surface area contributed by atoms with Crippen LogP contribution in [0.3, 0.4) is 0 Å². The summed E-state index contributed by atoms with van der Waals surface area (Å²) in [7, 11) is 0. The third-order valence-electron chi connectivity index (χ3n) is 6.76. The molecule has 32 heavy (non-hydrogen) atoms. The van der Waals surface area contributed by atoms with E-state index in [1.54, 1.807) is 12.5 Å². The summed E-state index contributed by atoms with van der Waals surface area (Å²) in [5.41, 5.74) is 4.52. The molecule has 1 atom stereocenters. The summed E-state index contributed by atoms with van der Waals surface area (Å²) in [5.74, 6) is 1.10. The number of aromatic nitrogens is 1. The Balaban J connectivity index is 1.26. The summed E-state index contributed by atoms with van der Waals surface area (Å²) >= 11 is 0. The predicted octanol–water partition coefficient (Wildman–Crippen LogP) is 4.63. The summed E-state index contributed by atoms with van der Waals surface area (Å²) < 4.78 is 5.71. The highest BCUT2D eigenvalue weighted by molar-refractivity contribution is 5.93. The summed E-state index contributed by atoms with van der Waals surface area (Å²) in [6.07, 6.45) is 6.57. The molecule has 1 unspecified atom stereocenters. The van der Waals surface area contributed by atoms with Crippen LogP contribution in [0.15, 0.2) is 65.4 Å². The number of carbonyl (C=O) groups excluding carboxylic acids is 1. The molecule has 0 spiro atoms. The lowest BCUT2D eigenvalue weighted by molar-refractivity contribution is -0.122. The summed E-state index contributed by atoms with van der Waals surface area (Å²) in [4.78, 5) is 21.6. The van der Waals surface area contributed by atoms with E-state index in [-0.39, 0.29) is 17.9 Å². The Bertz CT molecular complexity index is 1040. The van der Waals surface area contributed by atoms with Crippen molar-refractivity contribution in [1.29, 1.82) is 0 Å². The van der Waals surface area contributed by atoms with Crippen molar-refractivity contribution in [3.8, 4) is 0 Å². The van der Waals surface area contributed by atoms with E-state index < -0.39 is 0 Å². The number of carbonyl (C=O) groups is 1. The molecular weight excluding hydrogens is 400 g/mol. The third kappa shape index (κ3) is 4.28. The number of hydrogen-bond acceptors (Lipinski definition) is 5. The smallest absolute Gasteiger partial charge is 0.227 e. The number of rotatable bonds is 6. The third-order valence-corrected chi connectivity index (χ3v) is 6.76. The van der Waals surface area contributed by atoms with Gasteiger partial charge in [0.25, 0.3) is 0 Å². The molecule has 1 amide bonds. The largest absolute Gasteiger partial charge is 0.447 e. The number of hydrogen-bond donors (Lipinski definition) is 1. The molecule has 5 rings (SSSR count). The molecule has 1 saturated heterocycles. The number of aryl methyl sites for hydroxylation is 1. The molecule has 1 aliphatic heterocycles. The fraction of sp³-hybridized carbons (Fsp3) is 0.385. The van der Waals surface area contributed by atoms with Crippen LogP contribution in [0.4, 0.5) is 11.4 Å². The van der Waals surface area contributed by atoms with Gasteiger partial charge in [-0.2, -0.15) is 0 Å². The summed E-state index contributed by atoms with van der Waals surface area (Å²) in [5, 5.41) is 3.09. The normalized spacial score (nSPS) is 18.2. The maximum absolute atomic E-state index is 12.3. The Hall–Kier alpha value is -3.12. The van der Waals surface area contributed by atoms with Gasteiger partial charge in [0.2, 0.25) is 11.8 Å². The number of amides is 1. The average Bonchev–Trinajstić information content (AvgIpc) is 3.29. The second kappa shape index (κ2) is 9.17. The highest BCUT2D eigenvalue weighted by atomic mass is 16.3. The van der Waals surface area contributed by atoms with E-state index in [4.69, 9.17) is 4.42 Å². The zero-order chi connectivity index (χ0) is 21.9. The SMILES string of the molecule is Cc1cc(NC(=O)C2CCC2)ccc1N1CCN(C(c2ccccc2)c2ncco2)CC1. The van der Waals surface area contributed by atoms with Crippen molar-refractivity contribution in [3.05, 3.63) is 78.0 Å². The van der Waals surface area contributed by atoms with Gasteiger partial charge in [-0.25, -0.2) is 4.98 Å². The monoisotopic (exact) mass is 430 g/mol. The van der Waals surface area contributed by atoms with Gasteiger partial charge in [-0.3, -0.25) is 9.69 Å². The molecule has 1 N–H and O–H groups in total. The first kappa shape index (κ1) is 20.8. The first-order chi connectivity index (χ1) is 15.7. The van der Waals surface area contributed by atoms with E-state index in [0.717, 1.165) is 50.6 Å². The van der Waals surface area contributed by atoms with Crippen molar-refractivity contribution in [2.45, 2.75) is 32.2 Å². The lowest BCUT2D eigenvalue weighted by atomic mass is 9.85. The minimum atomic E-state index is 0.0264. The van der Waals surface area contributed by atoms with Gasteiger partial charge >= 0.3 is 0 Å². The first-order valence-corrected chi connectivity index (χ1v) is 11.5. The second-order valence-corrected chi connectivity index (χ2v) is 8.82. The van der Waals surface area contributed by atoms with Crippen LogP contribution in [0, 0.1) is 12.8 Å². The van der Waals surface area contributed by atoms with E-state index >= 15 is 0 Å². The number of nitrogens with one attached hydrogen (secondary N) is 1. The van der Waals surface area contributed by atoms with Crippen molar-refractivity contribution in [1.82, 2.24) is 9.88 Å².